The Labute approximate surface area is 106 Å². The largest absolute Gasteiger partial charge is 0.481 e. The molecule has 1 aromatic heterocycles. The number of carbonyl (C=O) groups is 2. The highest BCUT2D eigenvalue weighted by Crippen LogP contribution is 2.11. The maximum absolute atomic E-state index is 11.7. The molecule has 5 nitrogen and oxygen atoms in total. The minimum absolute atomic E-state index is 0.221. The number of amides is 1. The standard InChI is InChI=1S/C13H18N2O3/c1-9(2)11(13(17)18)12(16)15-7-5-10-4-3-6-14-8-10/h3-4,6,8-9,11H,5,7H2,1-2H3,(H,15,16)(H,17,18). The molecule has 1 heterocycles. The van der Waals surface area contributed by atoms with Gasteiger partial charge in [-0.25, -0.2) is 0 Å². The van der Waals surface area contributed by atoms with Crippen LogP contribution in [0.2, 0.25) is 0 Å². The lowest BCUT2D eigenvalue weighted by molar-refractivity contribution is -0.148. The second-order valence-electron chi connectivity index (χ2n) is 4.46. The molecule has 1 atom stereocenters. The van der Waals surface area contributed by atoms with E-state index in [2.05, 4.69) is 10.3 Å². The molecule has 0 aliphatic heterocycles. The number of aromatic nitrogens is 1. The average Bonchev–Trinajstić information content (AvgIpc) is 2.29. The van der Waals surface area contributed by atoms with Crippen LogP contribution in [-0.4, -0.2) is 28.5 Å². The van der Waals surface area contributed by atoms with E-state index in [0.717, 1.165) is 5.56 Å². The van der Waals surface area contributed by atoms with Crippen LogP contribution in [-0.2, 0) is 16.0 Å². The van der Waals surface area contributed by atoms with Gasteiger partial charge in [0.05, 0.1) is 0 Å². The molecule has 18 heavy (non-hydrogen) atoms. The van der Waals surface area contributed by atoms with Gasteiger partial charge in [-0.15, -0.1) is 0 Å². The molecule has 0 aliphatic rings. The third kappa shape index (κ3) is 4.16. The first kappa shape index (κ1) is 14.2. The van der Waals surface area contributed by atoms with Crippen molar-refractivity contribution in [3.8, 4) is 0 Å². The highest BCUT2D eigenvalue weighted by atomic mass is 16.4. The van der Waals surface area contributed by atoms with Crippen LogP contribution in [0.5, 0.6) is 0 Å². The lowest BCUT2D eigenvalue weighted by Crippen LogP contribution is -2.39. The van der Waals surface area contributed by atoms with Crippen molar-refractivity contribution in [2.75, 3.05) is 6.54 Å². The maximum atomic E-state index is 11.7. The summed E-state index contributed by atoms with van der Waals surface area (Å²) in [6.07, 6.45) is 4.05. The minimum Gasteiger partial charge on any atom is -0.481 e. The van der Waals surface area contributed by atoms with Gasteiger partial charge in [-0.3, -0.25) is 14.6 Å². The summed E-state index contributed by atoms with van der Waals surface area (Å²) in [4.78, 5) is 26.6. The van der Waals surface area contributed by atoms with E-state index in [1.165, 1.54) is 0 Å². The van der Waals surface area contributed by atoms with E-state index in [0.29, 0.717) is 13.0 Å². The van der Waals surface area contributed by atoms with Crippen molar-refractivity contribution in [2.24, 2.45) is 11.8 Å². The average molecular weight is 250 g/mol. The summed E-state index contributed by atoms with van der Waals surface area (Å²) in [7, 11) is 0. The van der Waals surface area contributed by atoms with Gasteiger partial charge in [0.2, 0.25) is 5.91 Å². The number of nitrogens with zero attached hydrogens (tertiary/aromatic N) is 1. The van der Waals surface area contributed by atoms with Gasteiger partial charge >= 0.3 is 5.97 Å². The highest BCUT2D eigenvalue weighted by Gasteiger charge is 2.28. The zero-order chi connectivity index (χ0) is 13.5. The van der Waals surface area contributed by atoms with Crippen LogP contribution in [0.4, 0.5) is 0 Å². The number of carboxylic acids is 1. The third-order valence-corrected chi connectivity index (χ3v) is 2.65. The van der Waals surface area contributed by atoms with Crippen molar-refractivity contribution < 1.29 is 14.7 Å². The summed E-state index contributed by atoms with van der Waals surface area (Å²) in [6.45, 7) is 3.86. The van der Waals surface area contributed by atoms with Crippen LogP contribution in [0.1, 0.15) is 19.4 Å². The quantitative estimate of drug-likeness (QED) is 0.741. The Balaban J connectivity index is 2.43. The zero-order valence-corrected chi connectivity index (χ0v) is 10.6. The molecule has 5 heteroatoms. The number of pyridine rings is 1. The van der Waals surface area contributed by atoms with E-state index in [1.54, 1.807) is 26.2 Å². The molecule has 0 aliphatic carbocycles. The molecule has 0 fully saturated rings. The van der Waals surface area contributed by atoms with E-state index >= 15 is 0 Å². The Morgan fingerprint density at radius 1 is 1.44 bits per heavy atom. The fourth-order valence-corrected chi connectivity index (χ4v) is 1.69. The molecule has 0 spiro atoms. The van der Waals surface area contributed by atoms with Crippen LogP contribution in [0.3, 0.4) is 0 Å². The summed E-state index contributed by atoms with van der Waals surface area (Å²) in [6, 6.07) is 3.74. The van der Waals surface area contributed by atoms with Gasteiger partial charge in [0, 0.05) is 18.9 Å². The first-order chi connectivity index (χ1) is 8.52. The predicted octanol–water partition coefficient (Wildman–Crippen LogP) is 1.10. The number of carboxylic acid groups (broad SMARTS) is 1. The molecule has 1 amide bonds. The number of carbonyl (C=O) groups excluding carboxylic acids is 1. The van der Waals surface area contributed by atoms with Crippen molar-refractivity contribution in [3.63, 3.8) is 0 Å². The first-order valence-electron chi connectivity index (χ1n) is 5.91. The predicted molar refractivity (Wildman–Crippen MR) is 66.9 cm³/mol. The van der Waals surface area contributed by atoms with Gasteiger partial charge < -0.3 is 10.4 Å². The number of nitrogens with one attached hydrogen (secondary N) is 1. The summed E-state index contributed by atoms with van der Waals surface area (Å²) in [5.74, 6) is -2.72. The monoisotopic (exact) mass is 250 g/mol. The van der Waals surface area contributed by atoms with Gasteiger partial charge in [-0.05, 0) is 24.0 Å². The van der Waals surface area contributed by atoms with Gasteiger partial charge in [-0.2, -0.15) is 0 Å². The molecule has 1 rings (SSSR count). The molecule has 0 saturated carbocycles. The van der Waals surface area contributed by atoms with Crippen LogP contribution in [0.25, 0.3) is 0 Å². The van der Waals surface area contributed by atoms with E-state index in [9.17, 15) is 9.59 Å². The van der Waals surface area contributed by atoms with Gasteiger partial charge in [0.1, 0.15) is 5.92 Å². The normalized spacial score (nSPS) is 12.2. The first-order valence-corrected chi connectivity index (χ1v) is 5.91. The Kier molecular flexibility index (Phi) is 5.30. The Bertz CT molecular complexity index is 404. The van der Waals surface area contributed by atoms with Crippen molar-refractivity contribution in [2.45, 2.75) is 20.3 Å². The minimum atomic E-state index is -1.08. The number of hydrogen-bond acceptors (Lipinski definition) is 3. The fraction of sp³-hybridized carbons (Fsp3) is 0.462. The van der Waals surface area contributed by atoms with Crippen molar-refractivity contribution in [3.05, 3.63) is 30.1 Å². The molecule has 1 unspecified atom stereocenters. The van der Waals surface area contributed by atoms with Gasteiger partial charge in [0.25, 0.3) is 0 Å². The highest BCUT2D eigenvalue weighted by molar-refractivity contribution is 5.97. The molecule has 0 aromatic carbocycles. The molecule has 2 N–H and O–H groups in total. The lowest BCUT2D eigenvalue weighted by atomic mass is 9.95. The summed E-state index contributed by atoms with van der Waals surface area (Å²) in [5.41, 5.74) is 1.01. The van der Waals surface area contributed by atoms with E-state index in [1.807, 2.05) is 12.1 Å². The molecule has 0 radical (unpaired) electrons. The molecule has 0 saturated heterocycles. The van der Waals surface area contributed by atoms with E-state index < -0.39 is 17.8 Å². The molecule has 1 aromatic rings. The second-order valence-corrected chi connectivity index (χ2v) is 4.46. The van der Waals surface area contributed by atoms with Crippen LogP contribution >= 0.6 is 0 Å². The van der Waals surface area contributed by atoms with Crippen molar-refractivity contribution in [1.82, 2.24) is 10.3 Å². The second kappa shape index (κ2) is 6.74. The van der Waals surface area contributed by atoms with Crippen molar-refractivity contribution >= 4 is 11.9 Å². The fourth-order valence-electron chi connectivity index (χ4n) is 1.69. The smallest absolute Gasteiger partial charge is 0.316 e. The number of hydrogen-bond donors (Lipinski definition) is 2. The van der Waals surface area contributed by atoms with Crippen molar-refractivity contribution in [1.29, 1.82) is 0 Å². The Morgan fingerprint density at radius 2 is 2.17 bits per heavy atom. The van der Waals surface area contributed by atoms with E-state index in [-0.39, 0.29) is 5.92 Å². The summed E-state index contributed by atoms with van der Waals surface area (Å²) in [5, 5.41) is 11.6. The van der Waals surface area contributed by atoms with Crippen LogP contribution in [0, 0.1) is 11.8 Å². The molecular weight excluding hydrogens is 232 g/mol. The maximum Gasteiger partial charge on any atom is 0.316 e. The van der Waals surface area contributed by atoms with Crippen LogP contribution in [0.15, 0.2) is 24.5 Å². The van der Waals surface area contributed by atoms with Gasteiger partial charge in [0.15, 0.2) is 0 Å². The topological polar surface area (TPSA) is 79.3 Å². The lowest BCUT2D eigenvalue weighted by Gasteiger charge is -2.15. The number of aliphatic carboxylic acids is 1. The third-order valence-electron chi connectivity index (χ3n) is 2.65. The molecule has 0 bridgehead atoms. The SMILES string of the molecule is CC(C)C(C(=O)O)C(=O)NCCc1cccnc1. The van der Waals surface area contributed by atoms with Gasteiger partial charge in [-0.1, -0.05) is 19.9 Å². The zero-order valence-electron chi connectivity index (χ0n) is 10.6. The molecular formula is C13H18N2O3. The number of rotatable bonds is 6. The van der Waals surface area contributed by atoms with E-state index in [4.69, 9.17) is 5.11 Å². The summed E-state index contributed by atoms with van der Waals surface area (Å²) < 4.78 is 0. The Morgan fingerprint density at radius 3 is 2.67 bits per heavy atom. The Hall–Kier alpha value is -1.91. The molecule has 98 valence electrons. The van der Waals surface area contributed by atoms with Crippen LogP contribution < -0.4 is 5.32 Å². The summed E-state index contributed by atoms with van der Waals surface area (Å²) >= 11 is 0.